The number of aliphatic hydroxyl groups is 1. The molecule has 116 valence electrons. The Labute approximate surface area is 126 Å². The first-order valence-corrected chi connectivity index (χ1v) is 7.61. The maximum atomic E-state index is 12.4. The first kappa shape index (κ1) is 15.8. The van der Waals surface area contributed by atoms with Gasteiger partial charge in [0.25, 0.3) is 0 Å². The first-order chi connectivity index (χ1) is 10.2. The Bertz CT molecular complexity index is 478. The molecule has 0 spiro atoms. The molecule has 1 aliphatic heterocycles. The Morgan fingerprint density at radius 2 is 2.29 bits per heavy atom. The van der Waals surface area contributed by atoms with Crippen molar-refractivity contribution in [1.82, 2.24) is 10.2 Å². The number of anilines is 1. The van der Waals surface area contributed by atoms with E-state index in [-0.39, 0.29) is 24.7 Å². The Morgan fingerprint density at radius 3 is 3.00 bits per heavy atom. The molecule has 5 heteroatoms. The molecule has 1 saturated heterocycles. The third-order valence-electron chi connectivity index (χ3n) is 4.17. The number of nitrogens with one attached hydrogen (secondary N) is 2. The van der Waals surface area contributed by atoms with Crippen molar-refractivity contribution in [2.24, 2.45) is 0 Å². The number of nitrogens with zero attached hydrogens (tertiary/aromatic N) is 1. The van der Waals surface area contributed by atoms with Crippen molar-refractivity contribution in [3.8, 4) is 0 Å². The third kappa shape index (κ3) is 3.95. The van der Waals surface area contributed by atoms with E-state index < -0.39 is 0 Å². The van der Waals surface area contributed by atoms with Crippen LogP contribution in [0.4, 0.5) is 10.5 Å². The van der Waals surface area contributed by atoms with Crippen LogP contribution in [0.15, 0.2) is 24.3 Å². The summed E-state index contributed by atoms with van der Waals surface area (Å²) in [5.41, 5.74) is 1.93. The Hall–Kier alpha value is -1.59. The van der Waals surface area contributed by atoms with E-state index in [2.05, 4.69) is 17.6 Å². The number of hydrogen-bond donors (Lipinski definition) is 3. The molecule has 0 radical (unpaired) electrons. The van der Waals surface area contributed by atoms with Gasteiger partial charge in [0.05, 0.1) is 12.6 Å². The zero-order valence-electron chi connectivity index (χ0n) is 12.8. The standard InChI is InChI=1S/C16H25N3O2/c1-12(17-2)13-6-5-7-14(10-13)18-16(21)19-9-4-3-8-15(19)11-20/h5-7,10,12,15,17,20H,3-4,8-9,11H2,1-2H3,(H,18,21). The number of carbonyl (C=O) groups is 1. The van der Waals surface area contributed by atoms with Crippen LogP contribution in [-0.2, 0) is 0 Å². The van der Waals surface area contributed by atoms with Gasteiger partial charge in [-0.2, -0.15) is 0 Å². The molecule has 2 amide bonds. The van der Waals surface area contributed by atoms with E-state index in [9.17, 15) is 9.90 Å². The van der Waals surface area contributed by atoms with E-state index in [1.165, 1.54) is 0 Å². The minimum atomic E-state index is -0.122. The van der Waals surface area contributed by atoms with Crippen LogP contribution in [0, 0.1) is 0 Å². The minimum Gasteiger partial charge on any atom is -0.394 e. The smallest absolute Gasteiger partial charge is 0.322 e. The van der Waals surface area contributed by atoms with Crippen molar-refractivity contribution in [1.29, 1.82) is 0 Å². The van der Waals surface area contributed by atoms with Crippen molar-refractivity contribution in [2.45, 2.75) is 38.3 Å². The summed E-state index contributed by atoms with van der Waals surface area (Å²) in [7, 11) is 1.91. The van der Waals surface area contributed by atoms with Crippen LogP contribution < -0.4 is 10.6 Å². The van der Waals surface area contributed by atoms with Crippen molar-refractivity contribution in [3.63, 3.8) is 0 Å². The lowest BCUT2D eigenvalue weighted by Gasteiger charge is -2.34. The molecular formula is C16H25N3O2. The Balaban J connectivity index is 2.05. The number of rotatable bonds is 4. The predicted octanol–water partition coefficient (Wildman–Crippen LogP) is 2.35. The highest BCUT2D eigenvalue weighted by molar-refractivity contribution is 5.89. The fourth-order valence-electron chi connectivity index (χ4n) is 2.71. The van der Waals surface area contributed by atoms with Gasteiger partial charge >= 0.3 is 6.03 Å². The van der Waals surface area contributed by atoms with Gasteiger partial charge in [-0.15, -0.1) is 0 Å². The maximum absolute atomic E-state index is 12.4. The second kappa shape index (κ2) is 7.43. The first-order valence-electron chi connectivity index (χ1n) is 7.61. The van der Waals surface area contributed by atoms with E-state index in [1.807, 2.05) is 31.3 Å². The van der Waals surface area contributed by atoms with Gasteiger partial charge in [-0.25, -0.2) is 4.79 Å². The highest BCUT2D eigenvalue weighted by Crippen LogP contribution is 2.20. The number of benzene rings is 1. The molecule has 0 bridgehead atoms. The average Bonchev–Trinajstić information content (AvgIpc) is 2.54. The van der Waals surface area contributed by atoms with Gasteiger partial charge in [-0.1, -0.05) is 12.1 Å². The number of hydrogen-bond acceptors (Lipinski definition) is 3. The molecule has 5 nitrogen and oxygen atoms in total. The van der Waals surface area contributed by atoms with E-state index >= 15 is 0 Å². The van der Waals surface area contributed by atoms with Crippen LogP contribution in [0.1, 0.15) is 37.8 Å². The van der Waals surface area contributed by atoms with Gasteiger partial charge in [0, 0.05) is 18.3 Å². The normalized spacial score (nSPS) is 20.1. The molecule has 2 atom stereocenters. The number of piperidine rings is 1. The highest BCUT2D eigenvalue weighted by atomic mass is 16.3. The van der Waals surface area contributed by atoms with Crippen molar-refractivity contribution >= 4 is 11.7 Å². The molecule has 1 aromatic rings. The Kier molecular flexibility index (Phi) is 5.59. The van der Waals surface area contributed by atoms with Crippen molar-refractivity contribution in [3.05, 3.63) is 29.8 Å². The number of aliphatic hydroxyl groups excluding tert-OH is 1. The minimum absolute atomic E-state index is 0.0320. The summed E-state index contributed by atoms with van der Waals surface area (Å²) in [4.78, 5) is 14.1. The maximum Gasteiger partial charge on any atom is 0.322 e. The van der Waals surface area contributed by atoms with Gasteiger partial charge in [-0.3, -0.25) is 0 Å². The van der Waals surface area contributed by atoms with Crippen molar-refractivity contribution < 1.29 is 9.90 Å². The molecular weight excluding hydrogens is 266 g/mol. The lowest BCUT2D eigenvalue weighted by molar-refractivity contribution is 0.115. The fraction of sp³-hybridized carbons (Fsp3) is 0.562. The van der Waals surface area contributed by atoms with Gasteiger partial charge in [0.2, 0.25) is 0 Å². The molecule has 1 aliphatic rings. The molecule has 1 fully saturated rings. The van der Waals surface area contributed by atoms with E-state index in [0.717, 1.165) is 30.5 Å². The van der Waals surface area contributed by atoms with E-state index in [4.69, 9.17) is 0 Å². The fourth-order valence-corrected chi connectivity index (χ4v) is 2.71. The van der Waals surface area contributed by atoms with Crippen LogP contribution >= 0.6 is 0 Å². The number of urea groups is 1. The third-order valence-corrected chi connectivity index (χ3v) is 4.17. The lowest BCUT2D eigenvalue weighted by atomic mass is 10.0. The van der Waals surface area contributed by atoms with Crippen LogP contribution in [-0.4, -0.2) is 42.3 Å². The van der Waals surface area contributed by atoms with Gasteiger partial charge in [0.15, 0.2) is 0 Å². The molecule has 2 rings (SSSR count). The SMILES string of the molecule is CNC(C)c1cccc(NC(=O)N2CCCCC2CO)c1. The molecule has 0 saturated carbocycles. The molecule has 1 aromatic carbocycles. The van der Waals surface area contributed by atoms with Crippen LogP contribution in [0.3, 0.4) is 0 Å². The summed E-state index contributed by atoms with van der Waals surface area (Å²) >= 11 is 0. The summed E-state index contributed by atoms with van der Waals surface area (Å²) in [6.45, 7) is 2.82. The van der Waals surface area contributed by atoms with Gasteiger partial charge < -0.3 is 20.6 Å². The predicted molar refractivity (Wildman–Crippen MR) is 84.4 cm³/mol. The molecule has 21 heavy (non-hydrogen) atoms. The summed E-state index contributed by atoms with van der Waals surface area (Å²) in [6, 6.07) is 7.91. The van der Waals surface area contributed by atoms with Crippen LogP contribution in [0.25, 0.3) is 0 Å². The average molecular weight is 291 g/mol. The summed E-state index contributed by atoms with van der Waals surface area (Å²) < 4.78 is 0. The van der Waals surface area contributed by atoms with Gasteiger partial charge in [0.1, 0.15) is 0 Å². The summed E-state index contributed by atoms with van der Waals surface area (Å²) in [5, 5.41) is 15.5. The quantitative estimate of drug-likeness (QED) is 0.798. The van der Waals surface area contributed by atoms with Crippen LogP contribution in [0.5, 0.6) is 0 Å². The number of carbonyl (C=O) groups excluding carboxylic acids is 1. The van der Waals surface area contributed by atoms with Crippen LogP contribution in [0.2, 0.25) is 0 Å². The zero-order chi connectivity index (χ0) is 15.2. The molecule has 0 aromatic heterocycles. The lowest BCUT2D eigenvalue weighted by Crippen LogP contribution is -2.47. The van der Waals surface area contributed by atoms with Gasteiger partial charge in [-0.05, 0) is 50.9 Å². The topological polar surface area (TPSA) is 64.6 Å². The van der Waals surface area contributed by atoms with E-state index in [0.29, 0.717) is 6.54 Å². The summed E-state index contributed by atoms with van der Waals surface area (Å²) in [6.07, 6.45) is 2.95. The summed E-state index contributed by atoms with van der Waals surface area (Å²) in [5.74, 6) is 0. The molecule has 3 N–H and O–H groups in total. The highest BCUT2D eigenvalue weighted by Gasteiger charge is 2.26. The largest absolute Gasteiger partial charge is 0.394 e. The Morgan fingerprint density at radius 1 is 1.48 bits per heavy atom. The molecule has 1 heterocycles. The second-order valence-electron chi connectivity index (χ2n) is 5.59. The van der Waals surface area contributed by atoms with Crippen molar-refractivity contribution in [2.75, 3.05) is 25.5 Å². The second-order valence-corrected chi connectivity index (χ2v) is 5.59. The number of likely N-dealkylation sites (tertiary alicyclic amines) is 1. The zero-order valence-corrected chi connectivity index (χ0v) is 12.8. The molecule has 2 unspecified atom stereocenters. The monoisotopic (exact) mass is 291 g/mol. The van der Waals surface area contributed by atoms with E-state index in [1.54, 1.807) is 4.90 Å². The number of amides is 2. The molecule has 0 aliphatic carbocycles.